The standard InChI is InChI=1S/C22H26N2O4/c1-15-6-7-19(28-15)17-5-3-4-16(12-17)14-24-10-8-22(9-11-24)18(21(26)27)13-20(25)23(22)2/h3-7,12,18H,8-11,13-14H2,1-2H3,(H,26,27). The number of carbonyl (C=O) groups is 2. The summed E-state index contributed by atoms with van der Waals surface area (Å²) >= 11 is 0. The molecule has 28 heavy (non-hydrogen) atoms. The Morgan fingerprint density at radius 1 is 1.25 bits per heavy atom. The van der Waals surface area contributed by atoms with E-state index in [1.165, 1.54) is 5.56 Å². The third-order valence-electron chi connectivity index (χ3n) is 6.45. The van der Waals surface area contributed by atoms with E-state index in [1.54, 1.807) is 11.9 Å². The molecule has 1 spiro atoms. The third kappa shape index (κ3) is 3.22. The van der Waals surface area contributed by atoms with Gasteiger partial charge < -0.3 is 14.4 Å². The number of benzene rings is 1. The number of hydrogen-bond acceptors (Lipinski definition) is 4. The molecule has 2 aliphatic rings. The van der Waals surface area contributed by atoms with Crippen molar-refractivity contribution in [2.24, 2.45) is 5.92 Å². The number of piperidine rings is 1. The van der Waals surface area contributed by atoms with Crippen LogP contribution in [-0.4, -0.2) is 52.5 Å². The minimum Gasteiger partial charge on any atom is -0.481 e. The fraction of sp³-hybridized carbons (Fsp3) is 0.455. The lowest BCUT2D eigenvalue weighted by Gasteiger charge is -2.45. The zero-order chi connectivity index (χ0) is 19.9. The van der Waals surface area contributed by atoms with Gasteiger partial charge in [-0.25, -0.2) is 0 Å². The Kier molecular flexibility index (Phi) is 4.75. The van der Waals surface area contributed by atoms with Gasteiger partial charge in [0.25, 0.3) is 0 Å². The Morgan fingerprint density at radius 3 is 2.64 bits per heavy atom. The lowest BCUT2D eigenvalue weighted by Crippen LogP contribution is -2.55. The molecule has 6 nitrogen and oxygen atoms in total. The molecule has 0 saturated carbocycles. The van der Waals surface area contributed by atoms with E-state index >= 15 is 0 Å². The van der Waals surface area contributed by atoms with E-state index in [-0.39, 0.29) is 12.3 Å². The molecule has 4 rings (SSSR count). The fourth-order valence-electron chi connectivity index (χ4n) is 4.75. The van der Waals surface area contributed by atoms with Crippen LogP contribution in [0.4, 0.5) is 0 Å². The number of aryl methyl sites for hydroxylation is 1. The summed E-state index contributed by atoms with van der Waals surface area (Å²) in [5, 5.41) is 9.61. The van der Waals surface area contributed by atoms with Gasteiger partial charge in [0.15, 0.2) is 0 Å². The largest absolute Gasteiger partial charge is 0.481 e. The molecule has 0 bridgehead atoms. The van der Waals surface area contributed by atoms with Gasteiger partial charge in [0.2, 0.25) is 5.91 Å². The molecule has 1 amide bonds. The second-order valence-electron chi connectivity index (χ2n) is 8.04. The molecule has 148 valence electrons. The molecular formula is C22H26N2O4. The van der Waals surface area contributed by atoms with Crippen molar-refractivity contribution >= 4 is 11.9 Å². The van der Waals surface area contributed by atoms with Gasteiger partial charge in [-0.05, 0) is 43.5 Å². The molecule has 3 heterocycles. The maximum atomic E-state index is 12.1. The van der Waals surface area contributed by atoms with Crippen molar-refractivity contribution in [1.82, 2.24) is 9.80 Å². The lowest BCUT2D eigenvalue weighted by atomic mass is 9.77. The molecule has 1 aromatic heterocycles. The second-order valence-corrected chi connectivity index (χ2v) is 8.04. The van der Waals surface area contributed by atoms with Crippen LogP contribution in [0.2, 0.25) is 0 Å². The maximum absolute atomic E-state index is 12.1. The molecule has 1 aromatic carbocycles. The summed E-state index contributed by atoms with van der Waals surface area (Å²) in [4.78, 5) is 27.9. The van der Waals surface area contributed by atoms with Crippen LogP contribution in [0.25, 0.3) is 11.3 Å². The minimum atomic E-state index is -0.854. The first-order chi connectivity index (χ1) is 13.4. The number of nitrogens with zero attached hydrogens (tertiary/aromatic N) is 2. The average molecular weight is 382 g/mol. The number of carbonyl (C=O) groups excluding carboxylic acids is 1. The number of rotatable bonds is 4. The van der Waals surface area contributed by atoms with Crippen LogP contribution in [-0.2, 0) is 16.1 Å². The van der Waals surface area contributed by atoms with E-state index in [2.05, 4.69) is 17.0 Å². The van der Waals surface area contributed by atoms with Crippen LogP contribution in [0.5, 0.6) is 0 Å². The minimum absolute atomic E-state index is 0.0534. The second kappa shape index (κ2) is 7.09. The van der Waals surface area contributed by atoms with Gasteiger partial charge in [0, 0.05) is 38.7 Å². The van der Waals surface area contributed by atoms with Crippen LogP contribution in [0, 0.1) is 12.8 Å². The monoisotopic (exact) mass is 382 g/mol. The molecule has 2 aliphatic heterocycles. The molecule has 1 unspecified atom stereocenters. The van der Waals surface area contributed by atoms with E-state index in [4.69, 9.17) is 4.42 Å². The van der Waals surface area contributed by atoms with E-state index in [9.17, 15) is 14.7 Å². The number of carboxylic acids is 1. The first-order valence-corrected chi connectivity index (χ1v) is 9.77. The van der Waals surface area contributed by atoms with Crippen LogP contribution in [0.15, 0.2) is 40.8 Å². The number of likely N-dealkylation sites (tertiary alicyclic amines) is 2. The molecule has 2 aromatic rings. The zero-order valence-corrected chi connectivity index (χ0v) is 16.4. The van der Waals surface area contributed by atoms with Crippen LogP contribution >= 0.6 is 0 Å². The maximum Gasteiger partial charge on any atom is 0.309 e. The highest BCUT2D eigenvalue weighted by Gasteiger charge is 2.55. The van der Waals surface area contributed by atoms with Crippen LogP contribution in [0.3, 0.4) is 0 Å². The SMILES string of the molecule is Cc1ccc(-c2cccc(CN3CCC4(CC3)C(C(=O)O)CC(=O)N4C)c2)o1. The number of furan rings is 1. The molecule has 2 fully saturated rings. The van der Waals surface area contributed by atoms with Gasteiger partial charge in [0.05, 0.1) is 11.5 Å². The lowest BCUT2D eigenvalue weighted by molar-refractivity contribution is -0.146. The molecule has 2 saturated heterocycles. The molecular weight excluding hydrogens is 356 g/mol. The Balaban J connectivity index is 1.45. The first-order valence-electron chi connectivity index (χ1n) is 9.77. The van der Waals surface area contributed by atoms with Crippen molar-refractivity contribution in [3.63, 3.8) is 0 Å². The van der Waals surface area contributed by atoms with Gasteiger partial charge in [0.1, 0.15) is 11.5 Å². The first kappa shape index (κ1) is 18.7. The van der Waals surface area contributed by atoms with Crippen molar-refractivity contribution in [2.45, 2.75) is 38.3 Å². The quantitative estimate of drug-likeness (QED) is 0.879. The third-order valence-corrected chi connectivity index (χ3v) is 6.45. The Morgan fingerprint density at radius 2 is 2.00 bits per heavy atom. The molecule has 6 heteroatoms. The average Bonchev–Trinajstić information content (AvgIpc) is 3.21. The van der Waals surface area contributed by atoms with Gasteiger partial charge in [-0.2, -0.15) is 0 Å². The van der Waals surface area contributed by atoms with E-state index in [1.807, 2.05) is 31.2 Å². The Bertz CT molecular complexity index is 895. The Hall–Kier alpha value is -2.60. The van der Waals surface area contributed by atoms with Gasteiger partial charge in [-0.3, -0.25) is 14.5 Å². The van der Waals surface area contributed by atoms with Crippen molar-refractivity contribution in [3.05, 3.63) is 47.7 Å². The van der Waals surface area contributed by atoms with Crippen molar-refractivity contribution in [1.29, 1.82) is 0 Å². The normalized spacial score (nSPS) is 22.1. The summed E-state index contributed by atoms with van der Waals surface area (Å²) in [6, 6.07) is 12.3. The highest BCUT2D eigenvalue weighted by atomic mass is 16.4. The number of carboxylic acid groups (broad SMARTS) is 1. The molecule has 1 atom stereocenters. The summed E-state index contributed by atoms with van der Waals surface area (Å²) in [5.41, 5.74) is 1.73. The number of hydrogen-bond donors (Lipinski definition) is 1. The van der Waals surface area contributed by atoms with Gasteiger partial charge in [-0.15, -0.1) is 0 Å². The van der Waals surface area contributed by atoms with Crippen molar-refractivity contribution in [3.8, 4) is 11.3 Å². The molecule has 0 aliphatic carbocycles. The predicted molar refractivity (Wildman–Crippen MR) is 105 cm³/mol. The highest BCUT2D eigenvalue weighted by Crippen LogP contribution is 2.43. The number of aliphatic carboxylic acids is 1. The number of amides is 1. The van der Waals surface area contributed by atoms with Crippen LogP contribution in [0.1, 0.15) is 30.6 Å². The zero-order valence-electron chi connectivity index (χ0n) is 16.4. The molecule has 0 radical (unpaired) electrons. The fourth-order valence-corrected chi connectivity index (χ4v) is 4.75. The summed E-state index contributed by atoms with van der Waals surface area (Å²) in [7, 11) is 1.76. The van der Waals surface area contributed by atoms with Crippen LogP contribution < -0.4 is 0 Å². The van der Waals surface area contributed by atoms with Crippen molar-refractivity contribution < 1.29 is 19.1 Å². The highest BCUT2D eigenvalue weighted by molar-refractivity contribution is 5.88. The molecule has 1 N–H and O–H groups in total. The summed E-state index contributed by atoms with van der Waals surface area (Å²) in [5.74, 6) is 0.254. The van der Waals surface area contributed by atoms with E-state index in [0.717, 1.165) is 36.7 Å². The van der Waals surface area contributed by atoms with Gasteiger partial charge in [-0.1, -0.05) is 18.2 Å². The summed E-state index contributed by atoms with van der Waals surface area (Å²) in [6.45, 7) is 4.31. The van der Waals surface area contributed by atoms with Crippen molar-refractivity contribution in [2.75, 3.05) is 20.1 Å². The summed E-state index contributed by atoms with van der Waals surface area (Å²) in [6.07, 6.45) is 1.52. The van der Waals surface area contributed by atoms with E-state index in [0.29, 0.717) is 12.8 Å². The summed E-state index contributed by atoms with van der Waals surface area (Å²) < 4.78 is 5.73. The Labute approximate surface area is 164 Å². The van der Waals surface area contributed by atoms with Gasteiger partial charge >= 0.3 is 5.97 Å². The topological polar surface area (TPSA) is 74.0 Å². The predicted octanol–water partition coefficient (Wildman–Crippen LogP) is 3.15. The smallest absolute Gasteiger partial charge is 0.309 e. The van der Waals surface area contributed by atoms with E-state index < -0.39 is 17.4 Å².